The number of nitrogens with one attached hydrogen (secondary N) is 1. The molecule has 2 rings (SSSR count). The molecule has 0 fully saturated rings. The highest BCUT2D eigenvalue weighted by Crippen LogP contribution is 2.24. The largest absolute Gasteiger partial charge is 0.372 e. The Kier molecular flexibility index (Phi) is 7.61. The molecule has 0 bridgehead atoms. The zero-order valence-electron chi connectivity index (χ0n) is 17.2. The molecule has 0 aliphatic carbocycles. The Morgan fingerprint density at radius 3 is 2.17 bits per heavy atom. The number of amides is 1. The van der Waals surface area contributed by atoms with Crippen molar-refractivity contribution in [3.8, 4) is 0 Å². The fraction of sp³-hybridized carbons (Fsp3) is 0.381. The summed E-state index contributed by atoms with van der Waals surface area (Å²) in [4.78, 5) is 14.8. The van der Waals surface area contributed by atoms with Crippen LogP contribution in [0.4, 0.5) is 15.8 Å². The lowest BCUT2D eigenvalue weighted by atomic mass is 10.2. The molecule has 0 aliphatic rings. The van der Waals surface area contributed by atoms with Gasteiger partial charge in [-0.15, -0.1) is 0 Å². The first-order chi connectivity index (χ1) is 13.7. The molecule has 29 heavy (non-hydrogen) atoms. The topological polar surface area (TPSA) is 69.7 Å². The monoisotopic (exact) mass is 421 g/mol. The number of halogens is 1. The van der Waals surface area contributed by atoms with Gasteiger partial charge in [0.05, 0.1) is 11.9 Å². The van der Waals surface area contributed by atoms with Gasteiger partial charge in [-0.3, -0.25) is 9.10 Å². The average molecular weight is 422 g/mol. The number of carbonyl (C=O) groups is 1. The maximum Gasteiger partial charge on any atom is 0.243 e. The van der Waals surface area contributed by atoms with Crippen LogP contribution in [0, 0.1) is 5.82 Å². The smallest absolute Gasteiger partial charge is 0.243 e. The minimum atomic E-state index is -3.86. The van der Waals surface area contributed by atoms with E-state index in [1.807, 2.05) is 24.3 Å². The third-order valence-corrected chi connectivity index (χ3v) is 5.94. The summed E-state index contributed by atoms with van der Waals surface area (Å²) in [6.45, 7) is 7.66. The standard InChI is InChI=1S/C21H28FN3O3S/c1-5-24(6-2)18-13-11-17(12-14-18)15-23-21(26)16(3)25(29(4,27)28)20-10-8-7-9-19(20)22/h7-14,16H,5-6,15H2,1-4H3,(H,23,26). The van der Waals surface area contributed by atoms with Gasteiger partial charge in [-0.25, -0.2) is 12.8 Å². The van der Waals surface area contributed by atoms with E-state index in [0.717, 1.165) is 41.0 Å². The molecule has 0 heterocycles. The average Bonchev–Trinajstić information content (AvgIpc) is 2.68. The molecule has 6 nitrogen and oxygen atoms in total. The highest BCUT2D eigenvalue weighted by molar-refractivity contribution is 7.92. The van der Waals surface area contributed by atoms with Gasteiger partial charge < -0.3 is 10.2 Å². The molecular formula is C21H28FN3O3S. The number of rotatable bonds is 9. The normalized spacial score (nSPS) is 12.3. The lowest BCUT2D eigenvalue weighted by Gasteiger charge is -2.28. The first-order valence-corrected chi connectivity index (χ1v) is 11.4. The van der Waals surface area contributed by atoms with Crippen molar-refractivity contribution in [1.29, 1.82) is 0 Å². The van der Waals surface area contributed by atoms with E-state index in [0.29, 0.717) is 0 Å². The minimum Gasteiger partial charge on any atom is -0.372 e. The maximum absolute atomic E-state index is 14.2. The highest BCUT2D eigenvalue weighted by Gasteiger charge is 2.30. The molecular weight excluding hydrogens is 393 g/mol. The van der Waals surface area contributed by atoms with Crippen molar-refractivity contribution >= 4 is 27.3 Å². The van der Waals surface area contributed by atoms with Crippen molar-refractivity contribution in [2.24, 2.45) is 0 Å². The molecule has 1 atom stereocenters. The van der Waals surface area contributed by atoms with Crippen LogP contribution in [0.1, 0.15) is 26.3 Å². The summed E-state index contributed by atoms with van der Waals surface area (Å²) in [6.07, 6.45) is 0.954. The molecule has 0 radical (unpaired) electrons. The van der Waals surface area contributed by atoms with Gasteiger partial charge in [0.15, 0.2) is 0 Å². The highest BCUT2D eigenvalue weighted by atomic mass is 32.2. The van der Waals surface area contributed by atoms with Gasteiger partial charge in [0.1, 0.15) is 11.9 Å². The maximum atomic E-state index is 14.2. The molecule has 8 heteroatoms. The lowest BCUT2D eigenvalue weighted by Crippen LogP contribution is -2.48. The second-order valence-corrected chi connectivity index (χ2v) is 8.60. The first-order valence-electron chi connectivity index (χ1n) is 9.54. The SMILES string of the molecule is CCN(CC)c1ccc(CNC(=O)C(C)N(c2ccccc2F)S(C)(=O)=O)cc1. The quantitative estimate of drug-likeness (QED) is 0.675. The molecule has 1 amide bonds. The summed E-state index contributed by atoms with van der Waals surface area (Å²) in [5.74, 6) is -1.21. The lowest BCUT2D eigenvalue weighted by molar-refractivity contribution is -0.122. The van der Waals surface area contributed by atoms with Gasteiger partial charge in [-0.1, -0.05) is 24.3 Å². The third kappa shape index (κ3) is 5.69. The molecule has 158 valence electrons. The summed E-state index contributed by atoms with van der Waals surface area (Å²) < 4.78 is 39.4. The van der Waals surface area contributed by atoms with Crippen molar-refractivity contribution in [2.75, 3.05) is 28.6 Å². The van der Waals surface area contributed by atoms with Gasteiger partial charge in [-0.2, -0.15) is 0 Å². The first kappa shape index (κ1) is 22.7. The molecule has 0 spiro atoms. The third-order valence-electron chi connectivity index (χ3n) is 4.71. The van der Waals surface area contributed by atoms with E-state index in [9.17, 15) is 17.6 Å². The number of hydrogen-bond acceptors (Lipinski definition) is 4. The van der Waals surface area contributed by atoms with Crippen LogP contribution in [0.15, 0.2) is 48.5 Å². The molecule has 0 saturated heterocycles. The molecule has 1 unspecified atom stereocenters. The summed E-state index contributed by atoms with van der Waals surface area (Å²) in [6, 6.07) is 12.2. The minimum absolute atomic E-state index is 0.152. The van der Waals surface area contributed by atoms with E-state index >= 15 is 0 Å². The summed E-state index contributed by atoms with van der Waals surface area (Å²) in [7, 11) is -3.86. The second kappa shape index (κ2) is 9.73. The fourth-order valence-electron chi connectivity index (χ4n) is 3.16. The number of nitrogens with zero attached hydrogens (tertiary/aromatic N) is 2. The Labute approximate surface area is 172 Å². The number of hydrogen-bond donors (Lipinski definition) is 1. The van der Waals surface area contributed by atoms with Crippen LogP contribution in [0.25, 0.3) is 0 Å². The zero-order chi connectivity index (χ0) is 21.6. The number of sulfonamides is 1. The van der Waals surface area contributed by atoms with Crippen molar-refractivity contribution in [2.45, 2.75) is 33.4 Å². The number of anilines is 2. The summed E-state index contributed by atoms with van der Waals surface area (Å²) in [5.41, 5.74) is 1.83. The molecule has 0 saturated carbocycles. The van der Waals surface area contributed by atoms with E-state index in [4.69, 9.17) is 0 Å². The summed E-state index contributed by atoms with van der Waals surface area (Å²) >= 11 is 0. The van der Waals surface area contributed by atoms with Crippen LogP contribution in [0.3, 0.4) is 0 Å². The van der Waals surface area contributed by atoms with Crippen LogP contribution < -0.4 is 14.5 Å². The van der Waals surface area contributed by atoms with Gasteiger partial charge in [0, 0.05) is 25.3 Å². The molecule has 0 aliphatic heterocycles. The predicted octanol–water partition coefficient (Wildman–Crippen LogP) is 3.14. The molecule has 0 aromatic heterocycles. The fourth-order valence-corrected chi connectivity index (χ4v) is 4.34. The Balaban J connectivity index is 2.11. The van der Waals surface area contributed by atoms with Crippen molar-refractivity contribution in [3.05, 3.63) is 59.9 Å². The van der Waals surface area contributed by atoms with E-state index in [1.165, 1.54) is 25.1 Å². The van der Waals surface area contributed by atoms with Gasteiger partial charge >= 0.3 is 0 Å². The Morgan fingerprint density at radius 1 is 1.07 bits per heavy atom. The van der Waals surface area contributed by atoms with E-state index < -0.39 is 27.8 Å². The van der Waals surface area contributed by atoms with Gasteiger partial charge in [0.25, 0.3) is 0 Å². The number of para-hydroxylation sites is 1. The van der Waals surface area contributed by atoms with Gasteiger partial charge in [-0.05, 0) is 50.6 Å². The Morgan fingerprint density at radius 2 is 1.66 bits per heavy atom. The molecule has 1 N–H and O–H groups in total. The van der Waals surface area contributed by atoms with Crippen LogP contribution in [0.2, 0.25) is 0 Å². The van der Waals surface area contributed by atoms with Gasteiger partial charge in [0.2, 0.25) is 15.9 Å². The van der Waals surface area contributed by atoms with Crippen LogP contribution >= 0.6 is 0 Å². The van der Waals surface area contributed by atoms with E-state index in [1.54, 1.807) is 0 Å². The van der Waals surface area contributed by atoms with Crippen molar-refractivity contribution in [3.63, 3.8) is 0 Å². The number of benzene rings is 2. The van der Waals surface area contributed by atoms with Crippen LogP contribution in [-0.2, 0) is 21.4 Å². The van der Waals surface area contributed by atoms with Crippen molar-refractivity contribution in [1.82, 2.24) is 5.32 Å². The predicted molar refractivity (Wildman–Crippen MR) is 115 cm³/mol. The van der Waals surface area contributed by atoms with E-state index in [-0.39, 0.29) is 12.2 Å². The Hall–Kier alpha value is -2.61. The second-order valence-electron chi connectivity index (χ2n) is 6.74. The van der Waals surface area contributed by atoms with Crippen LogP contribution in [0.5, 0.6) is 0 Å². The van der Waals surface area contributed by atoms with E-state index in [2.05, 4.69) is 24.1 Å². The van der Waals surface area contributed by atoms with Crippen LogP contribution in [-0.4, -0.2) is 39.7 Å². The molecule has 2 aromatic rings. The summed E-state index contributed by atoms with van der Waals surface area (Å²) in [5, 5.41) is 2.74. The molecule has 2 aromatic carbocycles. The Bertz CT molecular complexity index is 928. The van der Waals surface area contributed by atoms with Crippen molar-refractivity contribution < 1.29 is 17.6 Å². The zero-order valence-corrected chi connectivity index (χ0v) is 18.0. The number of carbonyl (C=O) groups excluding carboxylic acids is 1.